The van der Waals surface area contributed by atoms with Gasteiger partial charge in [0.05, 0.1) is 6.42 Å². The van der Waals surface area contributed by atoms with Crippen LogP contribution in [0.25, 0.3) is 0 Å². The normalized spacial score (nSPS) is 11.7. The third-order valence-corrected chi connectivity index (χ3v) is 5.48. The largest absolute Gasteiger partial charge is 0.481 e. The van der Waals surface area contributed by atoms with Crippen LogP contribution in [0.2, 0.25) is 0 Å². The van der Waals surface area contributed by atoms with E-state index >= 15 is 0 Å². The Morgan fingerprint density at radius 3 is 2.61 bits per heavy atom. The minimum absolute atomic E-state index is 0.155. The van der Waals surface area contributed by atoms with E-state index in [9.17, 15) is 13.2 Å². The molecule has 0 atom stereocenters. The van der Waals surface area contributed by atoms with E-state index in [1.807, 2.05) is 0 Å². The van der Waals surface area contributed by atoms with Crippen molar-refractivity contribution in [2.75, 3.05) is 13.6 Å². The van der Waals surface area contributed by atoms with E-state index < -0.39 is 16.0 Å². The smallest absolute Gasteiger partial charge is 0.308 e. The Bertz CT molecular complexity index is 559. The molecule has 0 aromatic carbocycles. The Hall–Kier alpha value is -1.18. The summed E-state index contributed by atoms with van der Waals surface area (Å²) in [5.41, 5.74) is 0.739. The average molecular weight is 289 g/mol. The van der Waals surface area contributed by atoms with Crippen molar-refractivity contribution in [3.8, 4) is 0 Å². The fraction of sp³-hybridized carbons (Fsp3) is 0.364. The second-order valence-corrected chi connectivity index (χ2v) is 7.45. The molecule has 0 spiro atoms. The van der Waals surface area contributed by atoms with Crippen LogP contribution in [0.3, 0.4) is 0 Å². The zero-order valence-electron chi connectivity index (χ0n) is 10.2. The van der Waals surface area contributed by atoms with E-state index in [-0.39, 0.29) is 17.2 Å². The molecule has 7 heteroatoms. The van der Waals surface area contributed by atoms with Crippen molar-refractivity contribution in [3.63, 3.8) is 0 Å². The van der Waals surface area contributed by atoms with E-state index in [0.29, 0.717) is 4.88 Å². The predicted molar refractivity (Wildman–Crippen MR) is 70.3 cm³/mol. The molecular formula is C11H15NO4S2. The zero-order valence-corrected chi connectivity index (χ0v) is 11.8. The molecule has 0 aliphatic carbocycles. The highest BCUT2D eigenvalue weighted by atomic mass is 32.2. The van der Waals surface area contributed by atoms with Crippen LogP contribution >= 0.6 is 11.3 Å². The number of sulfonamides is 1. The van der Waals surface area contributed by atoms with Crippen LogP contribution < -0.4 is 0 Å². The van der Waals surface area contributed by atoms with Gasteiger partial charge in [0.15, 0.2) is 0 Å². The summed E-state index contributed by atoms with van der Waals surface area (Å²) in [5.74, 6) is -0.976. The van der Waals surface area contributed by atoms with E-state index in [1.54, 1.807) is 6.92 Å². The SMILES string of the molecule is C=C(C)CN(C)S(=O)(=O)c1ccc(CC(=O)O)s1. The highest BCUT2D eigenvalue weighted by molar-refractivity contribution is 7.91. The van der Waals surface area contributed by atoms with Crippen LogP contribution in [-0.4, -0.2) is 37.4 Å². The number of carboxylic acids is 1. The minimum Gasteiger partial charge on any atom is -0.481 e. The number of rotatable bonds is 6. The number of carboxylic acid groups (broad SMARTS) is 1. The predicted octanol–water partition coefficient (Wildman–Crippen LogP) is 1.57. The van der Waals surface area contributed by atoms with Crippen molar-refractivity contribution in [3.05, 3.63) is 29.2 Å². The molecule has 0 bridgehead atoms. The van der Waals surface area contributed by atoms with E-state index in [2.05, 4.69) is 6.58 Å². The second-order valence-electron chi connectivity index (χ2n) is 4.01. The van der Waals surface area contributed by atoms with Crippen LogP contribution in [0.5, 0.6) is 0 Å². The molecule has 0 amide bonds. The van der Waals surface area contributed by atoms with Crippen molar-refractivity contribution in [2.24, 2.45) is 0 Å². The molecule has 0 saturated heterocycles. The van der Waals surface area contributed by atoms with Gasteiger partial charge in [-0.2, -0.15) is 4.31 Å². The number of likely N-dealkylation sites (N-methyl/N-ethyl adjacent to an activating group) is 1. The standard InChI is InChI=1S/C11H15NO4S2/c1-8(2)7-12(3)18(15,16)11-5-4-9(17-11)6-10(13)14/h4-5H,1,6-7H2,2-3H3,(H,13,14). The lowest BCUT2D eigenvalue weighted by atomic mass is 10.3. The van der Waals surface area contributed by atoms with Gasteiger partial charge in [-0.25, -0.2) is 8.42 Å². The van der Waals surface area contributed by atoms with Gasteiger partial charge in [0.2, 0.25) is 0 Å². The van der Waals surface area contributed by atoms with Gasteiger partial charge < -0.3 is 5.11 Å². The molecule has 100 valence electrons. The molecule has 0 saturated carbocycles. The highest BCUT2D eigenvalue weighted by Gasteiger charge is 2.22. The lowest BCUT2D eigenvalue weighted by molar-refractivity contribution is -0.136. The Balaban J connectivity index is 2.95. The van der Waals surface area contributed by atoms with Gasteiger partial charge in [-0.1, -0.05) is 12.2 Å². The molecule has 0 radical (unpaired) electrons. The second kappa shape index (κ2) is 5.64. The van der Waals surface area contributed by atoms with Crippen molar-refractivity contribution >= 4 is 27.3 Å². The Labute approximate surface area is 110 Å². The molecule has 0 aliphatic rings. The van der Waals surface area contributed by atoms with Gasteiger partial charge in [0.1, 0.15) is 4.21 Å². The molecule has 1 N–H and O–H groups in total. The van der Waals surface area contributed by atoms with Gasteiger partial charge in [-0.05, 0) is 19.1 Å². The van der Waals surface area contributed by atoms with Crippen LogP contribution in [-0.2, 0) is 21.2 Å². The molecule has 1 aromatic rings. The van der Waals surface area contributed by atoms with Gasteiger partial charge in [0, 0.05) is 18.5 Å². The van der Waals surface area contributed by atoms with Crippen molar-refractivity contribution in [2.45, 2.75) is 17.6 Å². The Morgan fingerprint density at radius 2 is 2.11 bits per heavy atom. The Morgan fingerprint density at radius 1 is 1.50 bits per heavy atom. The number of nitrogens with zero attached hydrogens (tertiary/aromatic N) is 1. The summed E-state index contributed by atoms with van der Waals surface area (Å²) in [6, 6.07) is 2.97. The highest BCUT2D eigenvalue weighted by Crippen LogP contribution is 2.25. The molecule has 5 nitrogen and oxygen atoms in total. The fourth-order valence-electron chi connectivity index (χ4n) is 1.36. The van der Waals surface area contributed by atoms with Crippen molar-refractivity contribution in [1.82, 2.24) is 4.31 Å². The van der Waals surface area contributed by atoms with Crippen molar-refractivity contribution < 1.29 is 18.3 Å². The van der Waals surface area contributed by atoms with Crippen LogP contribution in [0, 0.1) is 0 Å². The number of aliphatic carboxylic acids is 1. The first kappa shape index (κ1) is 14.9. The van der Waals surface area contributed by atoms with Gasteiger partial charge in [-0.3, -0.25) is 4.79 Å². The van der Waals surface area contributed by atoms with Crippen LogP contribution in [0.1, 0.15) is 11.8 Å². The third-order valence-electron chi connectivity index (χ3n) is 2.12. The quantitative estimate of drug-likeness (QED) is 0.807. The maximum atomic E-state index is 12.1. The summed E-state index contributed by atoms with van der Waals surface area (Å²) in [7, 11) is -2.08. The summed E-state index contributed by atoms with van der Waals surface area (Å²) in [6.45, 7) is 5.66. The monoisotopic (exact) mass is 289 g/mol. The molecule has 0 aliphatic heterocycles. The maximum absolute atomic E-state index is 12.1. The summed E-state index contributed by atoms with van der Waals surface area (Å²) in [5, 5.41) is 8.64. The number of hydrogen-bond donors (Lipinski definition) is 1. The Kier molecular flexibility index (Phi) is 4.66. The molecule has 1 heterocycles. The van der Waals surface area contributed by atoms with Gasteiger partial charge in [0.25, 0.3) is 10.0 Å². The first-order valence-electron chi connectivity index (χ1n) is 5.14. The first-order chi connectivity index (χ1) is 8.23. The summed E-state index contributed by atoms with van der Waals surface area (Å²) in [6.07, 6.45) is -0.162. The maximum Gasteiger partial charge on any atom is 0.308 e. The summed E-state index contributed by atoms with van der Waals surface area (Å²) >= 11 is 0.983. The lowest BCUT2D eigenvalue weighted by Gasteiger charge is -2.15. The zero-order chi connectivity index (χ0) is 13.9. The third kappa shape index (κ3) is 3.66. The summed E-state index contributed by atoms with van der Waals surface area (Å²) < 4.78 is 25.6. The van der Waals surface area contributed by atoms with Crippen LogP contribution in [0.4, 0.5) is 0 Å². The average Bonchev–Trinajstić information content (AvgIpc) is 2.64. The number of carbonyl (C=O) groups is 1. The van der Waals surface area contributed by atoms with Gasteiger partial charge >= 0.3 is 5.97 Å². The summed E-state index contributed by atoms with van der Waals surface area (Å²) in [4.78, 5) is 11.1. The fourth-order valence-corrected chi connectivity index (χ4v) is 4.15. The molecular weight excluding hydrogens is 274 g/mol. The van der Waals surface area contributed by atoms with E-state index in [1.165, 1.54) is 23.5 Å². The van der Waals surface area contributed by atoms with Gasteiger partial charge in [-0.15, -0.1) is 11.3 Å². The molecule has 0 unspecified atom stereocenters. The molecule has 0 fully saturated rings. The molecule has 1 rings (SSSR count). The topological polar surface area (TPSA) is 74.7 Å². The first-order valence-corrected chi connectivity index (χ1v) is 7.40. The number of hydrogen-bond acceptors (Lipinski definition) is 4. The van der Waals surface area contributed by atoms with Crippen molar-refractivity contribution in [1.29, 1.82) is 0 Å². The minimum atomic E-state index is -3.55. The van der Waals surface area contributed by atoms with E-state index in [4.69, 9.17) is 5.11 Å². The van der Waals surface area contributed by atoms with E-state index in [0.717, 1.165) is 16.9 Å². The molecule has 1 aromatic heterocycles. The number of thiophene rings is 1. The lowest BCUT2D eigenvalue weighted by Crippen LogP contribution is -2.27. The van der Waals surface area contributed by atoms with Crippen LogP contribution in [0.15, 0.2) is 28.5 Å². The molecule has 18 heavy (non-hydrogen) atoms.